The molecule has 0 atom stereocenters. The van der Waals surface area contributed by atoms with E-state index in [1.807, 2.05) is 29.2 Å². The topological polar surface area (TPSA) is 76.5 Å². The standard InChI is InChI=1S/C23H36N4O3/c1-4-15-26(16-5-2)23(29)17-27-20-12-9-8-11-19(20)25-21(27)13-7-6-10-14-24-22(28)18-30-3/h8-9,11-12H,4-7,10,13-18H2,1-3H3,(H,24,28). The molecule has 0 aliphatic carbocycles. The number of hydrogen-bond acceptors (Lipinski definition) is 4. The minimum Gasteiger partial charge on any atom is -0.375 e. The van der Waals surface area contributed by atoms with E-state index in [1.165, 1.54) is 7.11 Å². The van der Waals surface area contributed by atoms with Crippen LogP contribution in [0.2, 0.25) is 0 Å². The van der Waals surface area contributed by atoms with Gasteiger partial charge in [0.1, 0.15) is 19.0 Å². The van der Waals surface area contributed by atoms with Crippen LogP contribution in [0.15, 0.2) is 24.3 Å². The predicted molar refractivity (Wildman–Crippen MR) is 119 cm³/mol. The van der Waals surface area contributed by atoms with E-state index in [0.29, 0.717) is 13.1 Å². The molecule has 0 unspecified atom stereocenters. The van der Waals surface area contributed by atoms with Crippen LogP contribution in [-0.4, -0.2) is 59.6 Å². The van der Waals surface area contributed by atoms with Gasteiger partial charge in [-0.15, -0.1) is 0 Å². The molecule has 0 saturated carbocycles. The second-order valence-corrected chi connectivity index (χ2v) is 7.58. The zero-order valence-corrected chi connectivity index (χ0v) is 18.7. The lowest BCUT2D eigenvalue weighted by Crippen LogP contribution is -2.35. The number of para-hydroxylation sites is 2. The maximum absolute atomic E-state index is 12.9. The Morgan fingerprint density at radius 2 is 1.83 bits per heavy atom. The van der Waals surface area contributed by atoms with Crippen molar-refractivity contribution in [2.75, 3.05) is 33.4 Å². The number of nitrogens with zero attached hydrogens (tertiary/aromatic N) is 3. The monoisotopic (exact) mass is 416 g/mol. The molecule has 0 aliphatic heterocycles. The van der Waals surface area contributed by atoms with E-state index in [2.05, 4.69) is 23.7 Å². The number of ether oxygens (including phenoxy) is 1. The molecule has 0 bridgehead atoms. The molecule has 0 saturated heterocycles. The quantitative estimate of drug-likeness (QED) is 0.480. The smallest absolute Gasteiger partial charge is 0.245 e. The van der Waals surface area contributed by atoms with Crippen molar-refractivity contribution in [1.29, 1.82) is 0 Å². The second kappa shape index (κ2) is 13.0. The molecule has 7 nitrogen and oxygen atoms in total. The number of fused-ring (bicyclic) bond motifs is 1. The van der Waals surface area contributed by atoms with E-state index in [4.69, 9.17) is 9.72 Å². The molecular weight excluding hydrogens is 380 g/mol. The second-order valence-electron chi connectivity index (χ2n) is 7.58. The molecule has 1 aromatic carbocycles. The summed E-state index contributed by atoms with van der Waals surface area (Å²) in [7, 11) is 1.51. The van der Waals surface area contributed by atoms with E-state index in [1.54, 1.807) is 0 Å². The highest BCUT2D eigenvalue weighted by Gasteiger charge is 2.17. The van der Waals surface area contributed by atoms with Gasteiger partial charge in [-0.05, 0) is 37.8 Å². The summed E-state index contributed by atoms with van der Waals surface area (Å²) < 4.78 is 6.89. The molecule has 7 heteroatoms. The SMILES string of the molecule is CCCN(CCC)C(=O)Cn1c(CCCCCNC(=O)COC)nc2ccccc21. The third kappa shape index (κ3) is 7.13. The van der Waals surface area contributed by atoms with Crippen LogP contribution in [0.5, 0.6) is 0 Å². The molecule has 2 rings (SSSR count). The largest absolute Gasteiger partial charge is 0.375 e. The van der Waals surface area contributed by atoms with Crippen LogP contribution in [0.4, 0.5) is 0 Å². The highest BCUT2D eigenvalue weighted by Crippen LogP contribution is 2.18. The Balaban J connectivity index is 1.98. The van der Waals surface area contributed by atoms with Gasteiger partial charge in [0.25, 0.3) is 0 Å². The molecule has 0 radical (unpaired) electrons. The molecule has 2 aromatic rings. The third-order valence-electron chi connectivity index (χ3n) is 5.04. The molecule has 1 aromatic heterocycles. The zero-order chi connectivity index (χ0) is 21.8. The number of aromatic nitrogens is 2. The van der Waals surface area contributed by atoms with Gasteiger partial charge in [-0.3, -0.25) is 9.59 Å². The lowest BCUT2D eigenvalue weighted by Gasteiger charge is -2.22. The van der Waals surface area contributed by atoms with E-state index in [-0.39, 0.29) is 18.4 Å². The van der Waals surface area contributed by atoms with Crippen LogP contribution in [0.1, 0.15) is 51.8 Å². The molecule has 30 heavy (non-hydrogen) atoms. The van der Waals surface area contributed by atoms with Crippen LogP contribution in [0.3, 0.4) is 0 Å². The minimum absolute atomic E-state index is 0.0819. The molecule has 0 aliphatic rings. The van der Waals surface area contributed by atoms with E-state index in [0.717, 1.165) is 68.5 Å². The number of imidazole rings is 1. The van der Waals surface area contributed by atoms with Crippen molar-refractivity contribution in [1.82, 2.24) is 19.8 Å². The summed E-state index contributed by atoms with van der Waals surface area (Å²) in [5.41, 5.74) is 1.95. The summed E-state index contributed by atoms with van der Waals surface area (Å²) in [5.74, 6) is 1.03. The first-order valence-corrected chi connectivity index (χ1v) is 11.1. The molecular formula is C23H36N4O3. The average Bonchev–Trinajstić information content (AvgIpc) is 3.08. The fourth-order valence-corrected chi connectivity index (χ4v) is 3.62. The highest BCUT2D eigenvalue weighted by molar-refractivity contribution is 5.81. The van der Waals surface area contributed by atoms with E-state index < -0.39 is 0 Å². The molecule has 0 fully saturated rings. The number of unbranched alkanes of at least 4 members (excludes halogenated alkanes) is 2. The van der Waals surface area contributed by atoms with Crippen LogP contribution >= 0.6 is 0 Å². The fourth-order valence-electron chi connectivity index (χ4n) is 3.62. The Kier molecular flexibility index (Phi) is 10.3. The maximum atomic E-state index is 12.9. The molecule has 1 heterocycles. The van der Waals surface area contributed by atoms with Gasteiger partial charge in [0, 0.05) is 33.2 Å². The van der Waals surface area contributed by atoms with Gasteiger partial charge in [0.2, 0.25) is 11.8 Å². The Hall–Kier alpha value is -2.41. The first-order valence-electron chi connectivity index (χ1n) is 11.1. The number of benzene rings is 1. The van der Waals surface area contributed by atoms with Gasteiger partial charge >= 0.3 is 0 Å². The number of nitrogens with one attached hydrogen (secondary N) is 1. The molecule has 2 amide bonds. The normalized spacial score (nSPS) is 11.0. The highest BCUT2D eigenvalue weighted by atomic mass is 16.5. The number of carbonyl (C=O) groups excluding carboxylic acids is 2. The van der Waals surface area contributed by atoms with Crippen molar-refractivity contribution in [2.45, 2.75) is 58.9 Å². The lowest BCUT2D eigenvalue weighted by atomic mass is 10.2. The van der Waals surface area contributed by atoms with Crippen molar-refractivity contribution >= 4 is 22.8 Å². The van der Waals surface area contributed by atoms with E-state index >= 15 is 0 Å². The summed E-state index contributed by atoms with van der Waals surface area (Å²) >= 11 is 0. The predicted octanol–water partition coefficient (Wildman–Crippen LogP) is 3.16. The average molecular weight is 417 g/mol. The van der Waals surface area contributed by atoms with Gasteiger partial charge in [-0.2, -0.15) is 0 Å². The molecule has 1 N–H and O–H groups in total. The Morgan fingerprint density at radius 1 is 1.10 bits per heavy atom. The summed E-state index contributed by atoms with van der Waals surface area (Å²) in [4.78, 5) is 31.1. The van der Waals surface area contributed by atoms with Crippen LogP contribution in [-0.2, 0) is 27.3 Å². The van der Waals surface area contributed by atoms with Crippen molar-refractivity contribution in [3.63, 3.8) is 0 Å². The zero-order valence-electron chi connectivity index (χ0n) is 18.7. The Morgan fingerprint density at radius 3 is 2.53 bits per heavy atom. The summed E-state index contributed by atoms with van der Waals surface area (Å²) in [5, 5.41) is 2.84. The number of hydrogen-bond donors (Lipinski definition) is 1. The third-order valence-corrected chi connectivity index (χ3v) is 5.04. The van der Waals surface area contributed by atoms with Crippen molar-refractivity contribution in [3.05, 3.63) is 30.1 Å². The van der Waals surface area contributed by atoms with Crippen molar-refractivity contribution in [2.24, 2.45) is 0 Å². The summed E-state index contributed by atoms with van der Waals surface area (Å²) in [6.07, 6.45) is 5.60. The van der Waals surface area contributed by atoms with Gasteiger partial charge in [-0.25, -0.2) is 4.98 Å². The van der Waals surface area contributed by atoms with Crippen molar-refractivity contribution in [3.8, 4) is 0 Å². The Bertz CT molecular complexity index is 797. The number of rotatable bonds is 14. The fraction of sp³-hybridized carbons (Fsp3) is 0.609. The maximum Gasteiger partial charge on any atom is 0.245 e. The van der Waals surface area contributed by atoms with Gasteiger partial charge < -0.3 is 19.5 Å². The van der Waals surface area contributed by atoms with Gasteiger partial charge in [-0.1, -0.05) is 32.4 Å². The van der Waals surface area contributed by atoms with Gasteiger partial charge in [0.05, 0.1) is 11.0 Å². The minimum atomic E-state index is -0.0819. The number of methoxy groups -OCH3 is 1. The summed E-state index contributed by atoms with van der Waals surface area (Å²) in [6, 6.07) is 8.01. The first-order chi connectivity index (χ1) is 14.6. The number of carbonyl (C=O) groups is 2. The van der Waals surface area contributed by atoms with Crippen LogP contribution in [0, 0.1) is 0 Å². The Labute approximate surface area is 179 Å². The molecule has 0 spiro atoms. The van der Waals surface area contributed by atoms with Crippen LogP contribution < -0.4 is 5.32 Å². The van der Waals surface area contributed by atoms with Crippen LogP contribution in [0.25, 0.3) is 11.0 Å². The summed E-state index contributed by atoms with van der Waals surface area (Å²) in [6.45, 7) is 6.89. The number of aryl methyl sites for hydroxylation is 1. The van der Waals surface area contributed by atoms with E-state index in [9.17, 15) is 9.59 Å². The van der Waals surface area contributed by atoms with Crippen molar-refractivity contribution < 1.29 is 14.3 Å². The lowest BCUT2D eigenvalue weighted by molar-refractivity contribution is -0.132. The number of amides is 2. The molecule has 166 valence electrons. The van der Waals surface area contributed by atoms with Gasteiger partial charge in [0.15, 0.2) is 0 Å². The first kappa shape index (κ1) is 23.9.